The van der Waals surface area contributed by atoms with Crippen molar-refractivity contribution in [2.75, 3.05) is 6.54 Å². The number of nitrogens with zero attached hydrogens (tertiary/aromatic N) is 3. The first kappa shape index (κ1) is 12.0. The molecule has 2 aromatic heterocycles. The second-order valence-electron chi connectivity index (χ2n) is 4.88. The summed E-state index contributed by atoms with van der Waals surface area (Å²) < 4.78 is 2.21. The molecule has 0 saturated carbocycles. The van der Waals surface area contributed by atoms with Crippen molar-refractivity contribution in [2.24, 2.45) is 11.7 Å². The van der Waals surface area contributed by atoms with E-state index in [2.05, 4.69) is 35.3 Å². The van der Waals surface area contributed by atoms with Crippen molar-refractivity contribution in [3.05, 3.63) is 24.2 Å². The van der Waals surface area contributed by atoms with Crippen LogP contribution in [-0.4, -0.2) is 21.1 Å². The molecule has 2 heterocycles. The molecule has 1 atom stereocenters. The molecule has 2 aromatic rings. The minimum atomic E-state index is 0.370. The van der Waals surface area contributed by atoms with Crippen LogP contribution in [0.15, 0.2) is 18.3 Å². The lowest BCUT2D eigenvalue weighted by Gasteiger charge is -2.14. The van der Waals surface area contributed by atoms with Crippen LogP contribution in [-0.2, 0) is 6.42 Å². The summed E-state index contributed by atoms with van der Waals surface area (Å²) in [6.07, 6.45) is 2.73. The average molecular weight is 232 g/mol. The lowest BCUT2D eigenvalue weighted by atomic mass is 10.1. The van der Waals surface area contributed by atoms with Crippen molar-refractivity contribution in [1.29, 1.82) is 0 Å². The van der Waals surface area contributed by atoms with Gasteiger partial charge in [-0.25, -0.2) is 9.97 Å². The molecule has 0 aliphatic rings. The van der Waals surface area contributed by atoms with E-state index < -0.39 is 0 Å². The molecule has 2 rings (SSSR count). The summed E-state index contributed by atoms with van der Waals surface area (Å²) in [5.41, 5.74) is 7.63. The van der Waals surface area contributed by atoms with Crippen LogP contribution in [0.1, 0.15) is 32.6 Å². The molecular formula is C13H20N4. The number of imidazole rings is 1. The summed E-state index contributed by atoms with van der Waals surface area (Å²) in [5.74, 6) is 1.54. The first-order valence-electron chi connectivity index (χ1n) is 6.15. The van der Waals surface area contributed by atoms with Gasteiger partial charge >= 0.3 is 0 Å². The van der Waals surface area contributed by atoms with E-state index in [0.29, 0.717) is 18.5 Å². The number of hydrogen-bond acceptors (Lipinski definition) is 3. The van der Waals surface area contributed by atoms with Crippen LogP contribution < -0.4 is 5.73 Å². The van der Waals surface area contributed by atoms with Crippen molar-refractivity contribution in [3.63, 3.8) is 0 Å². The molecule has 0 aromatic carbocycles. The molecule has 92 valence electrons. The molecule has 4 nitrogen and oxygen atoms in total. The van der Waals surface area contributed by atoms with E-state index in [4.69, 9.17) is 5.73 Å². The fraction of sp³-hybridized carbons (Fsp3) is 0.538. The van der Waals surface area contributed by atoms with Gasteiger partial charge in [0, 0.05) is 18.7 Å². The molecule has 4 heteroatoms. The van der Waals surface area contributed by atoms with Crippen LogP contribution in [0.5, 0.6) is 0 Å². The Balaban J connectivity index is 2.50. The number of rotatable bonds is 4. The zero-order valence-electron chi connectivity index (χ0n) is 10.7. The maximum Gasteiger partial charge on any atom is 0.160 e. The van der Waals surface area contributed by atoms with Crippen molar-refractivity contribution >= 4 is 11.2 Å². The SMILES string of the molecule is CC(CN)Cc1nc2cccnc2n1C(C)C. The molecule has 1 unspecified atom stereocenters. The molecule has 0 amide bonds. The monoisotopic (exact) mass is 232 g/mol. The second kappa shape index (κ2) is 4.84. The summed E-state index contributed by atoms with van der Waals surface area (Å²) >= 11 is 0. The molecule has 0 radical (unpaired) electrons. The van der Waals surface area contributed by atoms with Gasteiger partial charge in [-0.2, -0.15) is 0 Å². The van der Waals surface area contributed by atoms with E-state index in [1.807, 2.05) is 18.3 Å². The van der Waals surface area contributed by atoms with E-state index in [-0.39, 0.29) is 0 Å². The van der Waals surface area contributed by atoms with Crippen molar-refractivity contribution in [2.45, 2.75) is 33.2 Å². The van der Waals surface area contributed by atoms with E-state index >= 15 is 0 Å². The smallest absolute Gasteiger partial charge is 0.160 e. The van der Waals surface area contributed by atoms with Gasteiger partial charge in [0.05, 0.1) is 0 Å². The van der Waals surface area contributed by atoms with Crippen LogP contribution in [0.2, 0.25) is 0 Å². The molecule has 0 fully saturated rings. The predicted octanol–water partition coefficient (Wildman–Crippen LogP) is 2.15. The molecule has 0 aliphatic carbocycles. The van der Waals surface area contributed by atoms with E-state index in [1.54, 1.807) is 0 Å². The summed E-state index contributed by atoms with van der Waals surface area (Å²) in [5, 5.41) is 0. The molecule has 0 bridgehead atoms. The van der Waals surface area contributed by atoms with Gasteiger partial charge in [0.15, 0.2) is 5.65 Å². The first-order valence-corrected chi connectivity index (χ1v) is 6.15. The third kappa shape index (κ3) is 2.31. The Morgan fingerprint density at radius 3 is 2.76 bits per heavy atom. The summed E-state index contributed by atoms with van der Waals surface area (Å²) in [4.78, 5) is 9.09. The third-order valence-corrected chi connectivity index (χ3v) is 2.97. The lowest BCUT2D eigenvalue weighted by Crippen LogP contribution is -2.17. The predicted molar refractivity (Wildman–Crippen MR) is 69.8 cm³/mol. The summed E-state index contributed by atoms with van der Waals surface area (Å²) in [7, 11) is 0. The highest BCUT2D eigenvalue weighted by Gasteiger charge is 2.15. The first-order chi connectivity index (χ1) is 8.13. The largest absolute Gasteiger partial charge is 0.330 e. The van der Waals surface area contributed by atoms with Gasteiger partial charge in [0.25, 0.3) is 0 Å². The number of fused-ring (bicyclic) bond motifs is 1. The highest BCUT2D eigenvalue weighted by atomic mass is 15.1. The van der Waals surface area contributed by atoms with Gasteiger partial charge in [-0.05, 0) is 38.4 Å². The summed E-state index contributed by atoms with van der Waals surface area (Å²) in [6, 6.07) is 4.31. The Hall–Kier alpha value is -1.42. The number of hydrogen-bond donors (Lipinski definition) is 1. The fourth-order valence-corrected chi connectivity index (χ4v) is 2.06. The zero-order chi connectivity index (χ0) is 12.4. The molecular weight excluding hydrogens is 212 g/mol. The molecule has 0 aliphatic heterocycles. The molecule has 2 N–H and O–H groups in total. The number of nitrogens with two attached hydrogens (primary N) is 1. The van der Waals surface area contributed by atoms with Crippen molar-refractivity contribution in [1.82, 2.24) is 14.5 Å². The van der Waals surface area contributed by atoms with Crippen molar-refractivity contribution < 1.29 is 0 Å². The number of aromatic nitrogens is 3. The van der Waals surface area contributed by atoms with Crippen molar-refractivity contribution in [3.8, 4) is 0 Å². The Bertz CT molecular complexity index is 501. The molecule has 0 spiro atoms. The highest BCUT2D eigenvalue weighted by molar-refractivity contribution is 5.71. The fourth-order valence-electron chi connectivity index (χ4n) is 2.06. The minimum absolute atomic E-state index is 0.370. The van der Waals surface area contributed by atoms with Gasteiger partial charge in [0.2, 0.25) is 0 Å². The van der Waals surface area contributed by atoms with Gasteiger partial charge in [-0.3, -0.25) is 0 Å². The standard InChI is InChI=1S/C13H20N4/c1-9(2)17-12(7-10(3)8-14)16-11-5-4-6-15-13(11)17/h4-6,9-10H,7-8,14H2,1-3H3. The van der Waals surface area contributed by atoms with Gasteiger partial charge < -0.3 is 10.3 Å². The van der Waals surface area contributed by atoms with Crippen LogP contribution in [0, 0.1) is 5.92 Å². The van der Waals surface area contributed by atoms with Gasteiger partial charge in [-0.15, -0.1) is 0 Å². The number of pyridine rings is 1. The van der Waals surface area contributed by atoms with Crippen LogP contribution in [0.4, 0.5) is 0 Å². The van der Waals surface area contributed by atoms with E-state index in [9.17, 15) is 0 Å². The maximum absolute atomic E-state index is 5.69. The quantitative estimate of drug-likeness (QED) is 0.878. The minimum Gasteiger partial charge on any atom is -0.330 e. The maximum atomic E-state index is 5.69. The Morgan fingerprint density at radius 2 is 2.12 bits per heavy atom. The van der Waals surface area contributed by atoms with Gasteiger partial charge in [-0.1, -0.05) is 6.92 Å². The van der Waals surface area contributed by atoms with Gasteiger partial charge in [0.1, 0.15) is 11.3 Å². The zero-order valence-corrected chi connectivity index (χ0v) is 10.7. The second-order valence-corrected chi connectivity index (χ2v) is 4.88. The van der Waals surface area contributed by atoms with Crippen LogP contribution in [0.3, 0.4) is 0 Å². The third-order valence-electron chi connectivity index (χ3n) is 2.97. The normalized spacial score (nSPS) is 13.5. The molecule has 17 heavy (non-hydrogen) atoms. The Labute approximate surface area is 102 Å². The van der Waals surface area contributed by atoms with E-state index in [1.165, 1.54) is 0 Å². The average Bonchev–Trinajstić information content (AvgIpc) is 2.66. The van der Waals surface area contributed by atoms with Crippen LogP contribution in [0.25, 0.3) is 11.2 Å². The Morgan fingerprint density at radius 1 is 1.35 bits per heavy atom. The topological polar surface area (TPSA) is 56.7 Å². The highest BCUT2D eigenvalue weighted by Crippen LogP contribution is 2.20. The Kier molecular flexibility index (Phi) is 3.43. The van der Waals surface area contributed by atoms with Crippen LogP contribution >= 0.6 is 0 Å². The lowest BCUT2D eigenvalue weighted by molar-refractivity contribution is 0.519. The van der Waals surface area contributed by atoms with E-state index in [0.717, 1.165) is 23.4 Å². The molecule has 0 saturated heterocycles. The summed E-state index contributed by atoms with van der Waals surface area (Å²) in [6.45, 7) is 7.16.